The van der Waals surface area contributed by atoms with Crippen LogP contribution in [0.4, 0.5) is 0 Å². The van der Waals surface area contributed by atoms with Crippen LogP contribution in [0.1, 0.15) is 34.6 Å². The summed E-state index contributed by atoms with van der Waals surface area (Å²) in [5.41, 5.74) is -0.828. The largest absolute Gasteiger partial charge is 0.472 e. The number of carboxylic acids is 1. The number of carboxylic acid groups (broad SMARTS) is 1. The highest BCUT2D eigenvalue weighted by atomic mass is 16.6. The Bertz CT molecular complexity index is 403. The van der Waals surface area contributed by atoms with E-state index in [9.17, 15) is 9.59 Å². The third-order valence-corrected chi connectivity index (χ3v) is 2.82. The summed E-state index contributed by atoms with van der Waals surface area (Å²) in [6.45, 7) is 9.19. The van der Waals surface area contributed by atoms with Crippen LogP contribution in [0, 0.1) is 29.1 Å². The van der Waals surface area contributed by atoms with Crippen LogP contribution in [0.5, 0.6) is 0 Å². The number of rotatable bonds is 1. The summed E-state index contributed by atoms with van der Waals surface area (Å²) >= 11 is 0. The minimum Gasteiger partial charge on any atom is -0.472 e. The summed E-state index contributed by atoms with van der Waals surface area (Å²) in [7, 11) is 0. The van der Waals surface area contributed by atoms with Crippen molar-refractivity contribution in [2.45, 2.75) is 40.2 Å². The smallest absolute Gasteiger partial charge is 0.381 e. The van der Waals surface area contributed by atoms with E-state index < -0.39 is 11.6 Å². The maximum atomic E-state index is 11.9. The molecule has 0 spiro atoms. The minimum absolute atomic E-state index is 0.228. The van der Waals surface area contributed by atoms with Crippen molar-refractivity contribution in [3.05, 3.63) is 0 Å². The van der Waals surface area contributed by atoms with Crippen molar-refractivity contribution >= 4 is 11.9 Å². The van der Waals surface area contributed by atoms with Crippen LogP contribution in [0.2, 0.25) is 0 Å². The fourth-order valence-electron chi connectivity index (χ4n) is 1.85. The highest BCUT2D eigenvalue weighted by molar-refractivity contribution is 5.87. The predicted molar refractivity (Wildman–Crippen MR) is 62.0 cm³/mol. The van der Waals surface area contributed by atoms with E-state index in [-0.39, 0.29) is 23.2 Å². The molecule has 1 N–H and O–H groups in total. The fourth-order valence-corrected chi connectivity index (χ4v) is 1.85. The van der Waals surface area contributed by atoms with E-state index in [0.717, 1.165) is 0 Å². The molecule has 0 bridgehead atoms. The van der Waals surface area contributed by atoms with Gasteiger partial charge in [-0.3, -0.25) is 4.79 Å². The SMILES string of the molecule is CC(C)(C)OC(=O)[C@@H]1[C@@H](C#CC(=O)O)C1(C)C. The molecule has 0 aliphatic heterocycles. The van der Waals surface area contributed by atoms with Gasteiger partial charge in [-0.15, -0.1) is 0 Å². The molecule has 0 aromatic heterocycles. The van der Waals surface area contributed by atoms with Crippen molar-refractivity contribution in [3.63, 3.8) is 0 Å². The maximum absolute atomic E-state index is 11.9. The number of hydrogen-bond acceptors (Lipinski definition) is 3. The van der Waals surface area contributed by atoms with Crippen LogP contribution in [0.25, 0.3) is 0 Å². The molecule has 1 aliphatic rings. The summed E-state index contributed by atoms with van der Waals surface area (Å²) in [6, 6.07) is 0. The van der Waals surface area contributed by atoms with E-state index >= 15 is 0 Å². The van der Waals surface area contributed by atoms with Gasteiger partial charge < -0.3 is 9.84 Å². The number of ether oxygens (including phenoxy) is 1. The molecule has 2 atom stereocenters. The van der Waals surface area contributed by atoms with Crippen LogP contribution >= 0.6 is 0 Å². The van der Waals surface area contributed by atoms with Gasteiger partial charge in [0.15, 0.2) is 0 Å². The van der Waals surface area contributed by atoms with Crippen molar-refractivity contribution in [2.24, 2.45) is 17.3 Å². The van der Waals surface area contributed by atoms with Gasteiger partial charge in [0.25, 0.3) is 0 Å². The third-order valence-electron chi connectivity index (χ3n) is 2.82. The zero-order valence-electron chi connectivity index (χ0n) is 10.8. The second kappa shape index (κ2) is 4.06. The lowest BCUT2D eigenvalue weighted by Gasteiger charge is -2.19. The van der Waals surface area contributed by atoms with Crippen LogP contribution in [-0.2, 0) is 14.3 Å². The first-order chi connectivity index (χ1) is 7.55. The van der Waals surface area contributed by atoms with Gasteiger partial charge in [0.1, 0.15) is 5.60 Å². The van der Waals surface area contributed by atoms with Crippen LogP contribution in [-0.4, -0.2) is 22.6 Å². The normalized spacial score (nSPS) is 25.5. The molecule has 0 unspecified atom stereocenters. The van der Waals surface area contributed by atoms with E-state index in [1.807, 2.05) is 13.8 Å². The number of carbonyl (C=O) groups is 2. The topological polar surface area (TPSA) is 63.6 Å². The highest BCUT2D eigenvalue weighted by Gasteiger charge is 2.62. The Hall–Kier alpha value is -1.50. The fraction of sp³-hybridized carbons (Fsp3) is 0.692. The predicted octanol–water partition coefficient (Wildman–Crippen LogP) is 1.69. The van der Waals surface area contributed by atoms with E-state index in [0.29, 0.717) is 0 Å². The lowest BCUT2D eigenvalue weighted by molar-refractivity contribution is -0.157. The minimum atomic E-state index is -1.17. The lowest BCUT2D eigenvalue weighted by atomic mass is 10.1. The summed E-state index contributed by atoms with van der Waals surface area (Å²) < 4.78 is 5.28. The molecule has 1 rings (SSSR count). The first-order valence-corrected chi connectivity index (χ1v) is 5.53. The van der Waals surface area contributed by atoms with E-state index in [1.54, 1.807) is 20.8 Å². The van der Waals surface area contributed by atoms with E-state index in [4.69, 9.17) is 9.84 Å². The molecule has 0 radical (unpaired) electrons. The van der Waals surface area contributed by atoms with Crippen molar-refractivity contribution in [1.29, 1.82) is 0 Å². The van der Waals surface area contributed by atoms with Crippen LogP contribution in [0.3, 0.4) is 0 Å². The molecule has 0 aromatic rings. The Morgan fingerprint density at radius 1 is 1.29 bits per heavy atom. The molecule has 1 aliphatic carbocycles. The first-order valence-electron chi connectivity index (χ1n) is 5.53. The summed E-state index contributed by atoms with van der Waals surface area (Å²) in [4.78, 5) is 22.2. The van der Waals surface area contributed by atoms with Gasteiger partial charge in [0.2, 0.25) is 0 Å². The molecule has 4 heteroatoms. The van der Waals surface area contributed by atoms with Gasteiger partial charge in [0, 0.05) is 11.8 Å². The Morgan fingerprint density at radius 2 is 1.82 bits per heavy atom. The first kappa shape index (κ1) is 13.6. The molecular formula is C13H18O4. The summed E-state index contributed by atoms with van der Waals surface area (Å²) in [5, 5.41) is 8.48. The van der Waals surface area contributed by atoms with Crippen molar-refractivity contribution < 1.29 is 19.4 Å². The highest BCUT2D eigenvalue weighted by Crippen LogP contribution is 2.58. The van der Waals surface area contributed by atoms with Crippen LogP contribution in [0.15, 0.2) is 0 Å². The zero-order chi connectivity index (χ0) is 13.4. The van der Waals surface area contributed by atoms with Gasteiger partial charge in [0.05, 0.1) is 5.92 Å². The summed E-state index contributed by atoms with van der Waals surface area (Å²) in [5.74, 6) is 2.66. The van der Waals surface area contributed by atoms with Crippen LogP contribution < -0.4 is 0 Å². The third kappa shape index (κ3) is 3.23. The van der Waals surface area contributed by atoms with Gasteiger partial charge >= 0.3 is 11.9 Å². The molecule has 0 saturated heterocycles. The molecule has 1 fully saturated rings. The van der Waals surface area contributed by atoms with E-state index in [2.05, 4.69) is 11.8 Å². The van der Waals surface area contributed by atoms with Gasteiger partial charge in [-0.25, -0.2) is 4.79 Å². The Morgan fingerprint density at radius 3 is 2.24 bits per heavy atom. The van der Waals surface area contributed by atoms with Crippen molar-refractivity contribution in [2.75, 3.05) is 0 Å². The quantitative estimate of drug-likeness (QED) is 0.557. The number of hydrogen-bond donors (Lipinski definition) is 1. The van der Waals surface area contributed by atoms with E-state index in [1.165, 1.54) is 0 Å². The Kier molecular flexibility index (Phi) is 3.24. The van der Waals surface area contributed by atoms with Crippen molar-refractivity contribution in [3.8, 4) is 11.8 Å². The monoisotopic (exact) mass is 238 g/mol. The second-order valence-corrected chi connectivity index (χ2v) is 5.88. The molecule has 4 nitrogen and oxygen atoms in total. The average Bonchev–Trinajstić information content (AvgIpc) is 2.61. The van der Waals surface area contributed by atoms with Gasteiger partial charge in [-0.1, -0.05) is 19.8 Å². The number of esters is 1. The maximum Gasteiger partial charge on any atom is 0.381 e. The Labute approximate surface area is 101 Å². The van der Waals surface area contributed by atoms with Gasteiger partial charge in [-0.05, 0) is 26.2 Å². The molecule has 0 aromatic carbocycles. The number of aliphatic carboxylic acids is 1. The lowest BCUT2D eigenvalue weighted by Crippen LogP contribution is -2.26. The molecule has 17 heavy (non-hydrogen) atoms. The zero-order valence-corrected chi connectivity index (χ0v) is 10.8. The number of carbonyl (C=O) groups excluding carboxylic acids is 1. The average molecular weight is 238 g/mol. The standard InChI is InChI=1S/C13H18O4/c1-12(2,3)17-11(16)10-8(13(10,4)5)6-7-9(14)15/h8,10H,1-5H3,(H,14,15)/t8-,10+/m1/s1. The Balaban J connectivity index is 2.72. The summed E-state index contributed by atoms with van der Waals surface area (Å²) in [6.07, 6.45) is 0. The van der Waals surface area contributed by atoms with Gasteiger partial charge in [-0.2, -0.15) is 0 Å². The second-order valence-electron chi connectivity index (χ2n) is 5.88. The molecule has 0 heterocycles. The molecule has 1 saturated carbocycles. The molecule has 94 valence electrons. The van der Waals surface area contributed by atoms with Crippen molar-refractivity contribution in [1.82, 2.24) is 0 Å². The molecule has 0 amide bonds. The molecular weight excluding hydrogens is 220 g/mol.